The van der Waals surface area contributed by atoms with Gasteiger partial charge in [0.2, 0.25) is 5.91 Å². The van der Waals surface area contributed by atoms with Crippen molar-refractivity contribution >= 4 is 23.2 Å². The van der Waals surface area contributed by atoms with Crippen molar-refractivity contribution in [3.05, 3.63) is 0 Å². The first-order valence-electron chi connectivity index (χ1n) is 3.40. The number of carbonyl (C=O) groups excluding carboxylic acids is 1. The fourth-order valence-electron chi connectivity index (χ4n) is 0.937. The first kappa shape index (κ1) is 8.42. The molecule has 0 aliphatic carbocycles. The third-order valence-electron chi connectivity index (χ3n) is 1.51. The molecule has 1 heterocycles. The highest BCUT2D eigenvalue weighted by Gasteiger charge is 2.20. The highest BCUT2D eigenvalue weighted by atomic mass is 32.1. The molecule has 1 N–H and O–H groups in total. The second kappa shape index (κ2) is 3.15. The molecule has 0 radical (unpaired) electrons. The molecule has 1 amide bonds. The van der Waals surface area contributed by atoms with Crippen LogP contribution in [0.15, 0.2) is 0 Å². The number of rotatable bonds is 1. The van der Waals surface area contributed by atoms with Crippen molar-refractivity contribution in [1.82, 2.24) is 15.3 Å². The number of amides is 1. The van der Waals surface area contributed by atoms with E-state index in [0.717, 1.165) is 0 Å². The van der Waals surface area contributed by atoms with Gasteiger partial charge in [0.1, 0.15) is 0 Å². The van der Waals surface area contributed by atoms with Crippen LogP contribution in [0.3, 0.4) is 0 Å². The maximum absolute atomic E-state index is 10.8. The Labute approximate surface area is 71.1 Å². The van der Waals surface area contributed by atoms with Gasteiger partial charge in [-0.2, -0.15) is 0 Å². The number of hydrogen-bond acceptors (Lipinski definition) is 3. The van der Waals surface area contributed by atoms with Crippen molar-refractivity contribution in [3.63, 3.8) is 0 Å². The fraction of sp³-hybridized carbons (Fsp3) is 0.667. The summed E-state index contributed by atoms with van der Waals surface area (Å²) >= 11 is 4.93. The number of thiocarbonyl (C=S) groups is 1. The van der Waals surface area contributed by atoms with E-state index in [1.165, 1.54) is 0 Å². The molecule has 0 spiro atoms. The second-order valence-corrected chi connectivity index (χ2v) is 2.96. The van der Waals surface area contributed by atoms with Crippen LogP contribution in [0.2, 0.25) is 0 Å². The summed E-state index contributed by atoms with van der Waals surface area (Å²) in [4.78, 5) is 10.8. The molecule has 5 heteroatoms. The zero-order valence-corrected chi connectivity index (χ0v) is 7.44. The molecule has 1 aliphatic heterocycles. The van der Waals surface area contributed by atoms with Crippen molar-refractivity contribution in [2.75, 3.05) is 20.6 Å². The van der Waals surface area contributed by atoms with Crippen LogP contribution in [-0.2, 0) is 4.79 Å². The molecule has 1 saturated heterocycles. The van der Waals surface area contributed by atoms with E-state index in [-0.39, 0.29) is 5.91 Å². The number of hydrogen-bond donors (Lipinski definition) is 1. The quantitative estimate of drug-likeness (QED) is 0.546. The molecule has 4 nitrogen and oxygen atoms in total. The van der Waals surface area contributed by atoms with Gasteiger partial charge in [0.15, 0.2) is 5.11 Å². The highest BCUT2D eigenvalue weighted by Crippen LogP contribution is 2.01. The highest BCUT2D eigenvalue weighted by molar-refractivity contribution is 7.80. The lowest BCUT2D eigenvalue weighted by Crippen LogP contribution is -2.54. The summed E-state index contributed by atoms with van der Waals surface area (Å²) < 4.78 is 0. The van der Waals surface area contributed by atoms with E-state index in [2.05, 4.69) is 5.32 Å². The summed E-state index contributed by atoms with van der Waals surface area (Å²) in [5.74, 6) is 0.00750. The smallest absolute Gasteiger partial charge is 0.228 e. The number of nitrogens with zero attached hydrogens (tertiary/aromatic N) is 2. The van der Waals surface area contributed by atoms with Crippen LogP contribution in [0, 0.1) is 0 Å². The first-order valence-corrected chi connectivity index (χ1v) is 3.80. The van der Waals surface area contributed by atoms with Gasteiger partial charge in [-0.05, 0) is 12.2 Å². The van der Waals surface area contributed by atoms with Crippen LogP contribution in [-0.4, -0.2) is 41.7 Å². The zero-order valence-electron chi connectivity index (χ0n) is 6.63. The largest absolute Gasteiger partial charge is 0.302 e. The molecule has 1 fully saturated rings. The minimum Gasteiger partial charge on any atom is -0.302 e. The lowest BCUT2D eigenvalue weighted by Gasteiger charge is -2.33. The maximum Gasteiger partial charge on any atom is 0.228 e. The van der Waals surface area contributed by atoms with Crippen molar-refractivity contribution in [2.45, 2.75) is 6.42 Å². The van der Waals surface area contributed by atoms with Gasteiger partial charge in [-0.25, -0.2) is 5.01 Å². The molecule has 0 aromatic carbocycles. The number of nitrogens with one attached hydrogen (secondary N) is 1. The summed E-state index contributed by atoms with van der Waals surface area (Å²) in [6, 6.07) is 0. The van der Waals surface area contributed by atoms with E-state index in [0.29, 0.717) is 18.1 Å². The van der Waals surface area contributed by atoms with Gasteiger partial charge in [0, 0.05) is 27.1 Å². The monoisotopic (exact) mass is 173 g/mol. The summed E-state index contributed by atoms with van der Waals surface area (Å²) in [6.07, 6.45) is 0.512. The molecule has 0 saturated carbocycles. The van der Waals surface area contributed by atoms with Gasteiger partial charge < -0.3 is 5.32 Å². The average molecular weight is 173 g/mol. The Bertz CT molecular complexity index is 192. The molecule has 1 aliphatic rings. The van der Waals surface area contributed by atoms with Gasteiger partial charge in [-0.15, -0.1) is 0 Å². The molecule has 1 rings (SSSR count). The Morgan fingerprint density at radius 1 is 1.64 bits per heavy atom. The van der Waals surface area contributed by atoms with E-state index >= 15 is 0 Å². The fourth-order valence-corrected chi connectivity index (χ4v) is 1.31. The molecule has 11 heavy (non-hydrogen) atoms. The predicted molar refractivity (Wildman–Crippen MR) is 45.8 cm³/mol. The minimum absolute atomic E-state index is 0.00750. The van der Waals surface area contributed by atoms with Crippen LogP contribution in [0.1, 0.15) is 6.42 Å². The second-order valence-electron chi connectivity index (χ2n) is 2.57. The number of hydrazine groups is 1. The molecule has 0 atom stereocenters. The third kappa shape index (κ3) is 1.87. The Morgan fingerprint density at radius 3 is 2.73 bits per heavy atom. The molecular formula is C6H11N3OS. The van der Waals surface area contributed by atoms with E-state index in [4.69, 9.17) is 12.2 Å². The van der Waals surface area contributed by atoms with E-state index in [1.807, 2.05) is 24.1 Å². The van der Waals surface area contributed by atoms with Crippen LogP contribution in [0.25, 0.3) is 0 Å². The van der Waals surface area contributed by atoms with Gasteiger partial charge >= 0.3 is 0 Å². The Morgan fingerprint density at radius 2 is 2.27 bits per heavy atom. The first-order chi connectivity index (χ1) is 5.11. The van der Waals surface area contributed by atoms with E-state index < -0.39 is 0 Å². The summed E-state index contributed by atoms with van der Waals surface area (Å²) in [5, 5.41) is 6.79. The normalized spacial score (nSPS) is 19.0. The SMILES string of the molecule is CN(C)N1CCC(=O)NC1=S. The van der Waals surface area contributed by atoms with Gasteiger partial charge in [0.25, 0.3) is 0 Å². The standard InChI is InChI=1S/C6H11N3OS/c1-8(2)9-4-3-5(10)7-6(9)11/h3-4H2,1-2H3,(H,7,10,11). The van der Waals surface area contributed by atoms with Gasteiger partial charge in [-0.3, -0.25) is 9.80 Å². The molecule has 0 aromatic heterocycles. The predicted octanol–water partition coefficient (Wildman–Crippen LogP) is -0.430. The van der Waals surface area contributed by atoms with E-state index in [1.54, 1.807) is 0 Å². The van der Waals surface area contributed by atoms with Gasteiger partial charge in [0.05, 0.1) is 0 Å². The Kier molecular flexibility index (Phi) is 2.41. The summed E-state index contributed by atoms with van der Waals surface area (Å²) in [6.45, 7) is 0.678. The lowest BCUT2D eigenvalue weighted by atomic mass is 10.3. The van der Waals surface area contributed by atoms with Crippen molar-refractivity contribution in [3.8, 4) is 0 Å². The van der Waals surface area contributed by atoms with E-state index in [9.17, 15) is 4.79 Å². The minimum atomic E-state index is 0.00750. The van der Waals surface area contributed by atoms with Crippen molar-refractivity contribution in [2.24, 2.45) is 0 Å². The summed E-state index contributed by atoms with van der Waals surface area (Å²) in [7, 11) is 3.79. The molecule has 0 bridgehead atoms. The Balaban J connectivity index is 2.57. The van der Waals surface area contributed by atoms with Gasteiger partial charge in [-0.1, -0.05) is 0 Å². The maximum atomic E-state index is 10.8. The van der Waals surface area contributed by atoms with Crippen molar-refractivity contribution < 1.29 is 4.79 Å². The van der Waals surface area contributed by atoms with Crippen LogP contribution in [0.5, 0.6) is 0 Å². The summed E-state index contributed by atoms with van der Waals surface area (Å²) in [5.41, 5.74) is 0. The van der Waals surface area contributed by atoms with Crippen LogP contribution in [0.4, 0.5) is 0 Å². The van der Waals surface area contributed by atoms with Crippen LogP contribution < -0.4 is 5.32 Å². The lowest BCUT2D eigenvalue weighted by molar-refractivity contribution is -0.122. The van der Waals surface area contributed by atoms with Crippen molar-refractivity contribution in [1.29, 1.82) is 0 Å². The topological polar surface area (TPSA) is 35.6 Å². The third-order valence-corrected chi connectivity index (χ3v) is 1.83. The Hall–Kier alpha value is -0.680. The molecular weight excluding hydrogens is 162 g/mol. The average Bonchev–Trinajstić information content (AvgIpc) is 1.85. The van der Waals surface area contributed by atoms with Crippen LogP contribution >= 0.6 is 12.2 Å². The number of carbonyl (C=O) groups is 1. The molecule has 0 aromatic rings. The molecule has 0 unspecified atom stereocenters. The molecule has 62 valence electrons. The zero-order chi connectivity index (χ0) is 8.43.